The van der Waals surface area contributed by atoms with Gasteiger partial charge in [-0.15, -0.1) is 0 Å². The number of carbonyl (C=O) groups excluding carboxylic acids is 1. The third kappa shape index (κ3) is 3.22. The Balaban J connectivity index is 1.36. The number of fused-ring (bicyclic) bond motifs is 1. The van der Waals surface area contributed by atoms with Crippen molar-refractivity contribution in [2.75, 3.05) is 37.7 Å². The fourth-order valence-electron chi connectivity index (χ4n) is 4.15. The SMILES string of the molecule is O=C(C1CCCO1)N1CCN(c2nc(-c3cccnc3)nc3c2CNC3)CC1. The summed E-state index contributed by atoms with van der Waals surface area (Å²) < 4.78 is 5.57. The maximum atomic E-state index is 12.6. The van der Waals surface area contributed by atoms with E-state index in [1.165, 1.54) is 5.56 Å². The third-order valence-corrected chi connectivity index (χ3v) is 5.68. The number of nitrogens with zero attached hydrogens (tertiary/aromatic N) is 5. The first-order valence-electron chi connectivity index (χ1n) is 9.96. The first-order chi connectivity index (χ1) is 13.8. The van der Waals surface area contributed by atoms with Crippen LogP contribution >= 0.6 is 0 Å². The first-order valence-corrected chi connectivity index (χ1v) is 9.96. The van der Waals surface area contributed by atoms with Gasteiger partial charge < -0.3 is 19.9 Å². The highest BCUT2D eigenvalue weighted by molar-refractivity contribution is 5.81. The van der Waals surface area contributed by atoms with Gasteiger partial charge in [-0.3, -0.25) is 9.78 Å². The van der Waals surface area contributed by atoms with E-state index < -0.39 is 0 Å². The standard InChI is InChI=1S/C20H24N6O2/c27-20(17-4-2-10-28-17)26-8-6-25(7-9-26)19-15-12-22-13-16(15)23-18(24-19)14-3-1-5-21-11-14/h1,3,5,11,17,22H,2,4,6-10,12-13H2. The minimum Gasteiger partial charge on any atom is -0.368 e. The van der Waals surface area contributed by atoms with E-state index in [2.05, 4.69) is 15.2 Å². The lowest BCUT2D eigenvalue weighted by atomic mass is 10.1. The normalized spacial score (nSPS) is 21.8. The second-order valence-electron chi connectivity index (χ2n) is 7.46. The van der Waals surface area contributed by atoms with Crippen molar-refractivity contribution in [1.82, 2.24) is 25.2 Å². The number of pyridine rings is 1. The molecule has 0 radical (unpaired) electrons. The second kappa shape index (κ2) is 7.44. The maximum absolute atomic E-state index is 12.6. The summed E-state index contributed by atoms with van der Waals surface area (Å²) in [5.41, 5.74) is 3.15. The van der Waals surface area contributed by atoms with Crippen molar-refractivity contribution in [2.45, 2.75) is 32.0 Å². The minimum atomic E-state index is -0.240. The Morgan fingerprint density at radius 3 is 2.82 bits per heavy atom. The Kier molecular flexibility index (Phi) is 4.66. The van der Waals surface area contributed by atoms with E-state index >= 15 is 0 Å². The van der Waals surface area contributed by atoms with E-state index in [9.17, 15) is 4.79 Å². The molecule has 5 heterocycles. The summed E-state index contributed by atoms with van der Waals surface area (Å²) in [4.78, 5) is 30.7. The molecule has 5 rings (SSSR count). The van der Waals surface area contributed by atoms with Gasteiger partial charge in [0.1, 0.15) is 11.9 Å². The van der Waals surface area contributed by atoms with E-state index in [0.29, 0.717) is 25.5 Å². The number of anilines is 1. The highest BCUT2D eigenvalue weighted by atomic mass is 16.5. The van der Waals surface area contributed by atoms with Gasteiger partial charge in [0.05, 0.1) is 5.69 Å². The molecular formula is C20H24N6O2. The Morgan fingerprint density at radius 1 is 1.18 bits per heavy atom. The van der Waals surface area contributed by atoms with Gasteiger partial charge in [0.2, 0.25) is 0 Å². The molecule has 8 nitrogen and oxygen atoms in total. The lowest BCUT2D eigenvalue weighted by molar-refractivity contribution is -0.141. The quantitative estimate of drug-likeness (QED) is 0.849. The molecule has 2 aromatic rings. The van der Waals surface area contributed by atoms with Crippen LogP contribution in [-0.4, -0.2) is 64.6 Å². The average Bonchev–Trinajstić information content (AvgIpc) is 3.45. The first kappa shape index (κ1) is 17.5. The summed E-state index contributed by atoms with van der Waals surface area (Å²) in [6.45, 7) is 5.19. The predicted molar refractivity (Wildman–Crippen MR) is 104 cm³/mol. The molecule has 8 heteroatoms. The van der Waals surface area contributed by atoms with E-state index in [1.54, 1.807) is 12.4 Å². The smallest absolute Gasteiger partial charge is 0.251 e. The van der Waals surface area contributed by atoms with Crippen molar-refractivity contribution in [3.63, 3.8) is 0 Å². The van der Waals surface area contributed by atoms with Gasteiger partial charge in [0.25, 0.3) is 5.91 Å². The summed E-state index contributed by atoms with van der Waals surface area (Å²) in [6.07, 6.45) is 5.14. The van der Waals surface area contributed by atoms with E-state index in [1.807, 2.05) is 17.0 Å². The molecule has 1 N–H and O–H groups in total. The highest BCUT2D eigenvalue weighted by Gasteiger charge is 2.32. The topological polar surface area (TPSA) is 83.5 Å². The molecule has 28 heavy (non-hydrogen) atoms. The molecule has 2 aromatic heterocycles. The van der Waals surface area contributed by atoms with Crippen LogP contribution in [0, 0.1) is 0 Å². The number of hydrogen-bond donors (Lipinski definition) is 1. The van der Waals surface area contributed by atoms with Crippen LogP contribution in [-0.2, 0) is 22.6 Å². The molecule has 0 bridgehead atoms. The van der Waals surface area contributed by atoms with Gasteiger partial charge >= 0.3 is 0 Å². The van der Waals surface area contributed by atoms with Crippen molar-refractivity contribution in [3.8, 4) is 11.4 Å². The average molecular weight is 380 g/mol. The lowest BCUT2D eigenvalue weighted by Crippen LogP contribution is -2.51. The second-order valence-corrected chi connectivity index (χ2v) is 7.46. The van der Waals surface area contributed by atoms with Crippen molar-refractivity contribution in [2.24, 2.45) is 0 Å². The molecule has 0 aromatic carbocycles. The molecule has 146 valence electrons. The zero-order valence-corrected chi connectivity index (χ0v) is 15.8. The fourth-order valence-corrected chi connectivity index (χ4v) is 4.15. The number of rotatable bonds is 3. The molecule has 0 spiro atoms. The van der Waals surface area contributed by atoms with E-state index in [0.717, 1.165) is 56.1 Å². The van der Waals surface area contributed by atoms with Gasteiger partial charge in [-0.05, 0) is 25.0 Å². The number of hydrogen-bond acceptors (Lipinski definition) is 7. The van der Waals surface area contributed by atoms with Gasteiger partial charge in [-0.2, -0.15) is 0 Å². The molecule has 2 fully saturated rings. The molecule has 3 aliphatic heterocycles. The van der Waals surface area contributed by atoms with E-state index in [-0.39, 0.29) is 12.0 Å². The summed E-state index contributed by atoms with van der Waals surface area (Å²) >= 11 is 0. The number of amides is 1. The maximum Gasteiger partial charge on any atom is 0.251 e. The molecule has 1 amide bonds. The zero-order valence-electron chi connectivity index (χ0n) is 15.8. The Labute approximate surface area is 163 Å². The number of aromatic nitrogens is 3. The van der Waals surface area contributed by atoms with Crippen LogP contribution in [0.15, 0.2) is 24.5 Å². The van der Waals surface area contributed by atoms with Crippen LogP contribution in [0.1, 0.15) is 24.1 Å². The largest absolute Gasteiger partial charge is 0.368 e. The Bertz CT molecular complexity index is 860. The number of piperazine rings is 1. The molecule has 1 atom stereocenters. The molecule has 0 aliphatic carbocycles. The van der Waals surface area contributed by atoms with Crippen LogP contribution in [0.3, 0.4) is 0 Å². The molecular weight excluding hydrogens is 356 g/mol. The van der Waals surface area contributed by atoms with Crippen LogP contribution in [0.2, 0.25) is 0 Å². The zero-order chi connectivity index (χ0) is 18.9. The monoisotopic (exact) mass is 380 g/mol. The minimum absolute atomic E-state index is 0.141. The third-order valence-electron chi connectivity index (χ3n) is 5.68. The lowest BCUT2D eigenvalue weighted by Gasteiger charge is -2.37. The highest BCUT2D eigenvalue weighted by Crippen LogP contribution is 2.29. The summed E-state index contributed by atoms with van der Waals surface area (Å²) in [7, 11) is 0. The van der Waals surface area contributed by atoms with Crippen molar-refractivity contribution in [3.05, 3.63) is 35.8 Å². The summed E-state index contributed by atoms with van der Waals surface area (Å²) in [5, 5.41) is 3.38. The molecule has 1 unspecified atom stereocenters. The van der Waals surface area contributed by atoms with Gasteiger partial charge in [0, 0.05) is 69.4 Å². The fraction of sp³-hybridized carbons (Fsp3) is 0.500. The molecule has 3 aliphatic rings. The van der Waals surface area contributed by atoms with Crippen molar-refractivity contribution in [1.29, 1.82) is 0 Å². The molecule has 2 saturated heterocycles. The Morgan fingerprint density at radius 2 is 2.07 bits per heavy atom. The van der Waals surface area contributed by atoms with Gasteiger partial charge in [-0.1, -0.05) is 0 Å². The molecule has 0 saturated carbocycles. The Hall–Kier alpha value is -2.58. The van der Waals surface area contributed by atoms with Crippen molar-refractivity contribution >= 4 is 11.7 Å². The number of ether oxygens (including phenoxy) is 1. The van der Waals surface area contributed by atoms with Crippen LogP contribution in [0.25, 0.3) is 11.4 Å². The van der Waals surface area contributed by atoms with Crippen LogP contribution in [0.5, 0.6) is 0 Å². The summed E-state index contributed by atoms with van der Waals surface area (Å²) in [6, 6.07) is 3.89. The van der Waals surface area contributed by atoms with Gasteiger partial charge in [-0.25, -0.2) is 9.97 Å². The van der Waals surface area contributed by atoms with Crippen LogP contribution in [0.4, 0.5) is 5.82 Å². The summed E-state index contributed by atoms with van der Waals surface area (Å²) in [5.74, 6) is 1.84. The van der Waals surface area contributed by atoms with Crippen molar-refractivity contribution < 1.29 is 9.53 Å². The predicted octanol–water partition coefficient (Wildman–Crippen LogP) is 0.969. The van der Waals surface area contributed by atoms with E-state index in [4.69, 9.17) is 14.7 Å². The van der Waals surface area contributed by atoms with Crippen LogP contribution < -0.4 is 10.2 Å². The van der Waals surface area contributed by atoms with Gasteiger partial charge in [0.15, 0.2) is 5.82 Å². The number of nitrogens with one attached hydrogen (secondary N) is 1. The number of carbonyl (C=O) groups is 1.